The van der Waals surface area contributed by atoms with Crippen LogP contribution in [-0.4, -0.2) is 23.5 Å². The number of amides is 2. The van der Waals surface area contributed by atoms with Crippen molar-refractivity contribution >= 4 is 23.3 Å². The van der Waals surface area contributed by atoms with Gasteiger partial charge >= 0.3 is 12.0 Å². The second-order valence-corrected chi connectivity index (χ2v) is 2.85. The summed E-state index contributed by atoms with van der Waals surface area (Å²) in [7, 11) is 0. The number of carbonyl (C=O) groups is 2. The Hall–Kier alpha value is -1.63. The predicted molar refractivity (Wildman–Crippen MR) is 45.3 cm³/mol. The Morgan fingerprint density at radius 3 is 3.00 bits per heavy atom. The molecule has 70 valence electrons. The minimum Gasteiger partial charge on any atom is -0.397 e. The fourth-order valence-electron chi connectivity index (χ4n) is 0.554. The van der Waals surface area contributed by atoms with Crippen molar-refractivity contribution in [2.45, 2.75) is 0 Å². The smallest absolute Gasteiger partial charge is 0.332 e. The first-order valence-corrected chi connectivity index (χ1v) is 4.20. The maximum atomic E-state index is 10.9. The lowest BCUT2D eigenvalue weighted by atomic mass is 10.6. The number of nitrogens with one attached hydrogen (secondary N) is 1. The van der Waals surface area contributed by atoms with Gasteiger partial charge in [-0.1, -0.05) is 11.3 Å². The normalized spacial score (nSPS) is 9.23. The van der Waals surface area contributed by atoms with E-state index in [1.165, 1.54) is 17.5 Å². The molecule has 1 aromatic rings. The molecular formula is C6H7N3O3S. The molecule has 1 rings (SSSR count). The van der Waals surface area contributed by atoms with E-state index < -0.39 is 12.0 Å². The average molecular weight is 201 g/mol. The summed E-state index contributed by atoms with van der Waals surface area (Å²) < 4.78 is 4.70. The van der Waals surface area contributed by atoms with Gasteiger partial charge in [0.05, 0.1) is 0 Å². The number of rotatable bonds is 3. The monoisotopic (exact) mass is 201 g/mol. The van der Waals surface area contributed by atoms with Gasteiger partial charge in [0.1, 0.15) is 6.54 Å². The van der Waals surface area contributed by atoms with Crippen molar-refractivity contribution in [2.24, 2.45) is 5.73 Å². The Kier molecular flexibility index (Phi) is 3.21. The van der Waals surface area contributed by atoms with Crippen LogP contribution < -0.4 is 15.8 Å². The lowest BCUT2D eigenvalue weighted by Gasteiger charge is -1.99. The van der Waals surface area contributed by atoms with Crippen LogP contribution in [0.25, 0.3) is 0 Å². The summed E-state index contributed by atoms with van der Waals surface area (Å²) in [5.74, 6) is -0.603. The van der Waals surface area contributed by atoms with E-state index in [0.717, 1.165) is 0 Å². The first-order valence-electron chi connectivity index (χ1n) is 3.32. The number of esters is 1. The quantitative estimate of drug-likeness (QED) is 0.657. The molecule has 0 bridgehead atoms. The molecule has 0 fully saturated rings. The van der Waals surface area contributed by atoms with E-state index in [2.05, 4.69) is 10.3 Å². The molecule has 0 saturated carbocycles. The van der Waals surface area contributed by atoms with Gasteiger partial charge < -0.3 is 15.8 Å². The minimum atomic E-state index is -0.768. The molecule has 0 aromatic carbocycles. The van der Waals surface area contributed by atoms with E-state index in [-0.39, 0.29) is 11.7 Å². The van der Waals surface area contributed by atoms with Crippen molar-refractivity contribution in [3.05, 3.63) is 11.6 Å². The van der Waals surface area contributed by atoms with E-state index in [0.29, 0.717) is 0 Å². The summed E-state index contributed by atoms with van der Waals surface area (Å²) in [6.07, 6.45) is 1.51. The van der Waals surface area contributed by atoms with E-state index in [1.54, 1.807) is 5.38 Å². The average Bonchev–Trinajstić information content (AvgIpc) is 2.53. The Balaban J connectivity index is 2.30. The van der Waals surface area contributed by atoms with Gasteiger partial charge in [-0.15, -0.1) is 0 Å². The van der Waals surface area contributed by atoms with Crippen LogP contribution >= 0.6 is 11.3 Å². The number of hydrogen-bond acceptors (Lipinski definition) is 5. The summed E-state index contributed by atoms with van der Waals surface area (Å²) in [6.45, 7) is -0.255. The highest BCUT2D eigenvalue weighted by molar-refractivity contribution is 7.11. The van der Waals surface area contributed by atoms with Crippen molar-refractivity contribution in [2.75, 3.05) is 6.54 Å². The Morgan fingerprint density at radius 2 is 2.46 bits per heavy atom. The number of ether oxygens (including phenoxy) is 1. The van der Waals surface area contributed by atoms with Crippen molar-refractivity contribution in [1.29, 1.82) is 0 Å². The third-order valence-corrected chi connectivity index (χ3v) is 1.67. The molecule has 0 saturated heterocycles. The van der Waals surface area contributed by atoms with Crippen molar-refractivity contribution in [1.82, 2.24) is 10.3 Å². The van der Waals surface area contributed by atoms with Crippen LogP contribution in [0, 0.1) is 0 Å². The van der Waals surface area contributed by atoms with Gasteiger partial charge in [-0.05, 0) is 0 Å². The first-order chi connectivity index (χ1) is 6.18. The second-order valence-electron chi connectivity index (χ2n) is 1.99. The zero-order valence-electron chi connectivity index (χ0n) is 6.52. The number of thiazole rings is 1. The number of aromatic nitrogens is 1. The molecule has 0 radical (unpaired) electrons. The molecule has 13 heavy (non-hydrogen) atoms. The summed E-state index contributed by atoms with van der Waals surface area (Å²) >= 11 is 1.19. The van der Waals surface area contributed by atoms with Crippen molar-refractivity contribution < 1.29 is 14.3 Å². The predicted octanol–water partition coefficient (Wildman–Crippen LogP) is -0.283. The van der Waals surface area contributed by atoms with Gasteiger partial charge in [0.2, 0.25) is 0 Å². The van der Waals surface area contributed by atoms with Gasteiger partial charge in [0, 0.05) is 11.6 Å². The van der Waals surface area contributed by atoms with Gasteiger partial charge in [-0.2, -0.15) is 0 Å². The third-order valence-electron chi connectivity index (χ3n) is 1.02. The van der Waals surface area contributed by atoms with Crippen LogP contribution in [0.3, 0.4) is 0 Å². The number of carbonyl (C=O) groups excluding carboxylic acids is 2. The molecule has 1 heterocycles. The summed E-state index contributed by atoms with van der Waals surface area (Å²) in [6, 6.07) is -0.768. The fraction of sp³-hybridized carbons (Fsp3) is 0.167. The highest BCUT2D eigenvalue weighted by Gasteiger charge is 2.06. The van der Waals surface area contributed by atoms with Crippen LogP contribution in [-0.2, 0) is 4.79 Å². The lowest BCUT2D eigenvalue weighted by Crippen LogP contribution is -2.35. The zero-order chi connectivity index (χ0) is 9.68. The Bertz CT molecular complexity index is 298. The minimum absolute atomic E-state index is 0.247. The standard InChI is InChI=1S/C6H7N3O3S/c7-5(11)9-3-4(10)12-6-8-1-2-13-6/h1-2H,3H2,(H3,7,9,11). The number of urea groups is 1. The van der Waals surface area contributed by atoms with Crippen LogP contribution in [0.1, 0.15) is 0 Å². The SMILES string of the molecule is NC(=O)NCC(=O)Oc1nccs1. The highest BCUT2D eigenvalue weighted by atomic mass is 32.1. The van der Waals surface area contributed by atoms with Gasteiger partial charge in [-0.25, -0.2) is 14.6 Å². The number of nitrogens with zero attached hydrogens (tertiary/aromatic N) is 1. The molecular weight excluding hydrogens is 194 g/mol. The lowest BCUT2D eigenvalue weighted by molar-refractivity contribution is -0.133. The van der Waals surface area contributed by atoms with Crippen LogP contribution in [0.5, 0.6) is 5.19 Å². The molecule has 0 aliphatic carbocycles. The maximum absolute atomic E-state index is 10.9. The third kappa shape index (κ3) is 3.52. The van der Waals surface area contributed by atoms with Crippen LogP contribution in [0.15, 0.2) is 11.6 Å². The molecule has 0 aliphatic rings. The highest BCUT2D eigenvalue weighted by Crippen LogP contribution is 2.12. The summed E-state index contributed by atoms with van der Waals surface area (Å²) in [5, 5.41) is 4.02. The number of primary amides is 1. The molecule has 0 unspecified atom stereocenters. The fourth-order valence-corrected chi connectivity index (χ4v) is 1.05. The summed E-state index contributed by atoms with van der Waals surface area (Å²) in [4.78, 5) is 24.8. The molecule has 7 heteroatoms. The first kappa shape index (κ1) is 9.46. The Morgan fingerprint density at radius 1 is 1.69 bits per heavy atom. The van der Waals surface area contributed by atoms with Gasteiger partial charge in [-0.3, -0.25) is 0 Å². The molecule has 2 amide bonds. The molecule has 0 atom stereocenters. The van der Waals surface area contributed by atoms with E-state index in [9.17, 15) is 9.59 Å². The molecule has 6 nitrogen and oxygen atoms in total. The Labute approximate surface area is 77.7 Å². The van der Waals surface area contributed by atoms with Crippen LogP contribution in [0.4, 0.5) is 4.79 Å². The van der Waals surface area contributed by atoms with Crippen LogP contribution in [0.2, 0.25) is 0 Å². The van der Waals surface area contributed by atoms with E-state index in [4.69, 9.17) is 10.5 Å². The van der Waals surface area contributed by atoms with Crippen molar-refractivity contribution in [3.63, 3.8) is 0 Å². The van der Waals surface area contributed by atoms with E-state index in [1.807, 2.05) is 0 Å². The van der Waals surface area contributed by atoms with Gasteiger partial charge in [0.15, 0.2) is 0 Å². The molecule has 1 aromatic heterocycles. The topological polar surface area (TPSA) is 94.3 Å². The van der Waals surface area contributed by atoms with E-state index >= 15 is 0 Å². The van der Waals surface area contributed by atoms with Crippen molar-refractivity contribution in [3.8, 4) is 5.19 Å². The molecule has 3 N–H and O–H groups in total. The molecule has 0 aliphatic heterocycles. The summed E-state index contributed by atoms with van der Waals surface area (Å²) in [5.41, 5.74) is 4.74. The molecule has 0 spiro atoms. The van der Waals surface area contributed by atoms with Gasteiger partial charge in [0.25, 0.3) is 5.19 Å². The number of nitrogens with two attached hydrogens (primary N) is 1. The second kappa shape index (κ2) is 4.41. The maximum Gasteiger partial charge on any atom is 0.332 e. The zero-order valence-corrected chi connectivity index (χ0v) is 7.34. The number of hydrogen-bond donors (Lipinski definition) is 2. The largest absolute Gasteiger partial charge is 0.397 e.